The highest BCUT2D eigenvalue weighted by molar-refractivity contribution is 5.84. The Morgan fingerprint density at radius 1 is 1.55 bits per heavy atom. The summed E-state index contributed by atoms with van der Waals surface area (Å²) in [5.41, 5.74) is -0.0502. The third kappa shape index (κ3) is 1.09. The van der Waals surface area contributed by atoms with Gasteiger partial charge in [-0.15, -0.1) is 0 Å². The van der Waals surface area contributed by atoms with Gasteiger partial charge in [0.2, 0.25) is 0 Å². The number of hydrogen-bond donors (Lipinski definition) is 0. The Kier molecular flexibility index (Phi) is 1.37. The fraction of sp³-hybridized carbons (Fsp3) is 0.889. The van der Waals surface area contributed by atoms with E-state index in [1.807, 2.05) is 0 Å². The molecule has 0 bridgehead atoms. The van der Waals surface area contributed by atoms with Gasteiger partial charge in [-0.25, -0.2) is 0 Å². The van der Waals surface area contributed by atoms with Crippen LogP contribution in [-0.2, 0) is 9.53 Å². The number of hydrogen-bond acceptors (Lipinski definition) is 2. The van der Waals surface area contributed by atoms with Gasteiger partial charge in [0.25, 0.3) is 0 Å². The zero-order valence-corrected chi connectivity index (χ0v) is 7.09. The highest BCUT2D eigenvalue weighted by atomic mass is 16.5. The first-order valence-electron chi connectivity index (χ1n) is 4.29. The van der Waals surface area contributed by atoms with Crippen LogP contribution in [0.4, 0.5) is 0 Å². The lowest BCUT2D eigenvalue weighted by atomic mass is 9.95. The maximum atomic E-state index is 11.3. The zero-order chi connectivity index (χ0) is 8.06. The van der Waals surface area contributed by atoms with Gasteiger partial charge in [0.1, 0.15) is 5.78 Å². The molecular weight excluding hydrogens is 140 g/mol. The summed E-state index contributed by atoms with van der Waals surface area (Å²) in [5, 5.41) is 0. The summed E-state index contributed by atoms with van der Waals surface area (Å²) in [5.74, 6) is 0.644. The summed E-state index contributed by atoms with van der Waals surface area (Å²) < 4.78 is 5.72. The van der Waals surface area contributed by atoms with Crippen molar-refractivity contribution in [3.63, 3.8) is 0 Å². The average Bonchev–Trinajstić information content (AvgIpc) is 2.31. The van der Waals surface area contributed by atoms with Crippen LogP contribution in [0.5, 0.6) is 0 Å². The summed E-state index contributed by atoms with van der Waals surface area (Å²) in [4.78, 5) is 11.3. The van der Waals surface area contributed by atoms with Gasteiger partial charge in [0, 0.05) is 12.3 Å². The standard InChI is InChI=1S/C9H14O2/c1-9(2)5-6-7(10)3-4-8(6)11-9/h6,8H,3-5H2,1-2H3/t6-,8+/m1/s1. The molecule has 2 heteroatoms. The second-order valence-electron chi connectivity index (χ2n) is 4.23. The molecule has 0 N–H and O–H groups in total. The third-order valence-electron chi connectivity index (χ3n) is 2.72. The first-order valence-corrected chi connectivity index (χ1v) is 4.29. The third-order valence-corrected chi connectivity index (χ3v) is 2.72. The number of ether oxygens (including phenoxy) is 1. The van der Waals surface area contributed by atoms with E-state index in [-0.39, 0.29) is 17.6 Å². The maximum Gasteiger partial charge on any atom is 0.138 e. The summed E-state index contributed by atoms with van der Waals surface area (Å²) in [6, 6.07) is 0. The van der Waals surface area contributed by atoms with Crippen LogP contribution in [0.15, 0.2) is 0 Å². The molecule has 1 saturated carbocycles. The molecule has 62 valence electrons. The molecule has 2 atom stereocenters. The van der Waals surface area contributed by atoms with Crippen LogP contribution in [-0.4, -0.2) is 17.5 Å². The smallest absolute Gasteiger partial charge is 0.138 e. The Morgan fingerprint density at radius 2 is 2.27 bits per heavy atom. The lowest BCUT2D eigenvalue weighted by Crippen LogP contribution is -2.19. The van der Waals surface area contributed by atoms with E-state index >= 15 is 0 Å². The van der Waals surface area contributed by atoms with Crippen LogP contribution in [0.1, 0.15) is 33.1 Å². The Hall–Kier alpha value is -0.370. The van der Waals surface area contributed by atoms with E-state index in [2.05, 4.69) is 13.8 Å². The normalized spacial score (nSPS) is 41.1. The Bertz CT molecular complexity index is 196. The molecule has 1 aliphatic heterocycles. The van der Waals surface area contributed by atoms with E-state index in [0.717, 1.165) is 19.3 Å². The molecule has 1 aliphatic carbocycles. The van der Waals surface area contributed by atoms with Crippen molar-refractivity contribution in [2.24, 2.45) is 5.92 Å². The summed E-state index contributed by atoms with van der Waals surface area (Å²) in [6.45, 7) is 4.14. The molecule has 2 rings (SSSR count). The van der Waals surface area contributed by atoms with Gasteiger partial charge in [-0.05, 0) is 26.7 Å². The number of rotatable bonds is 0. The molecule has 0 aromatic heterocycles. The van der Waals surface area contributed by atoms with E-state index in [0.29, 0.717) is 5.78 Å². The highest BCUT2D eigenvalue weighted by Gasteiger charge is 2.47. The van der Waals surface area contributed by atoms with Gasteiger partial charge < -0.3 is 4.74 Å². The van der Waals surface area contributed by atoms with E-state index < -0.39 is 0 Å². The van der Waals surface area contributed by atoms with Crippen molar-refractivity contribution in [3.05, 3.63) is 0 Å². The van der Waals surface area contributed by atoms with Crippen molar-refractivity contribution in [1.29, 1.82) is 0 Å². The Balaban J connectivity index is 2.16. The zero-order valence-electron chi connectivity index (χ0n) is 7.09. The van der Waals surface area contributed by atoms with Crippen LogP contribution in [0.3, 0.4) is 0 Å². The predicted octanol–water partition coefficient (Wildman–Crippen LogP) is 1.53. The summed E-state index contributed by atoms with van der Waals surface area (Å²) >= 11 is 0. The van der Waals surface area contributed by atoms with Crippen molar-refractivity contribution in [3.8, 4) is 0 Å². The minimum Gasteiger partial charge on any atom is -0.372 e. The molecule has 0 spiro atoms. The lowest BCUT2D eigenvalue weighted by molar-refractivity contribution is -0.120. The van der Waals surface area contributed by atoms with Crippen LogP contribution < -0.4 is 0 Å². The van der Waals surface area contributed by atoms with Crippen molar-refractivity contribution in [2.45, 2.75) is 44.8 Å². The molecule has 0 unspecified atom stereocenters. The molecule has 0 aromatic rings. The van der Waals surface area contributed by atoms with Crippen LogP contribution in [0.25, 0.3) is 0 Å². The quantitative estimate of drug-likeness (QED) is 0.529. The first-order chi connectivity index (χ1) is 5.08. The van der Waals surface area contributed by atoms with Crippen molar-refractivity contribution in [2.75, 3.05) is 0 Å². The molecule has 2 fully saturated rings. The maximum absolute atomic E-state index is 11.3. The van der Waals surface area contributed by atoms with Crippen molar-refractivity contribution >= 4 is 5.78 Å². The van der Waals surface area contributed by atoms with Gasteiger partial charge in [0.05, 0.1) is 11.7 Å². The highest BCUT2D eigenvalue weighted by Crippen LogP contribution is 2.41. The van der Waals surface area contributed by atoms with Crippen LogP contribution in [0.2, 0.25) is 0 Å². The van der Waals surface area contributed by atoms with Crippen LogP contribution in [0, 0.1) is 5.92 Å². The van der Waals surface area contributed by atoms with E-state index in [4.69, 9.17) is 4.74 Å². The largest absolute Gasteiger partial charge is 0.372 e. The van der Waals surface area contributed by atoms with Crippen LogP contribution >= 0.6 is 0 Å². The Morgan fingerprint density at radius 3 is 2.91 bits per heavy atom. The number of carbonyl (C=O) groups is 1. The minimum absolute atomic E-state index is 0.0502. The van der Waals surface area contributed by atoms with Gasteiger partial charge in [-0.1, -0.05) is 0 Å². The lowest BCUT2D eigenvalue weighted by Gasteiger charge is -2.18. The topological polar surface area (TPSA) is 26.3 Å². The van der Waals surface area contributed by atoms with Crippen molar-refractivity contribution < 1.29 is 9.53 Å². The summed E-state index contributed by atoms with van der Waals surface area (Å²) in [7, 11) is 0. The molecule has 0 aromatic carbocycles. The average molecular weight is 154 g/mol. The van der Waals surface area contributed by atoms with Crippen molar-refractivity contribution in [1.82, 2.24) is 0 Å². The SMILES string of the molecule is CC1(C)C[C@@H]2C(=O)CC[C@@H]2O1. The number of fused-ring (bicyclic) bond motifs is 1. The van der Waals surface area contributed by atoms with Gasteiger partial charge >= 0.3 is 0 Å². The molecule has 0 amide bonds. The van der Waals surface area contributed by atoms with Gasteiger partial charge in [-0.3, -0.25) is 4.79 Å². The fourth-order valence-electron chi connectivity index (χ4n) is 2.25. The van der Waals surface area contributed by atoms with Gasteiger partial charge in [-0.2, -0.15) is 0 Å². The first kappa shape index (κ1) is 7.29. The molecule has 1 heterocycles. The number of carbonyl (C=O) groups excluding carboxylic acids is 1. The minimum atomic E-state index is -0.0502. The fourth-order valence-corrected chi connectivity index (χ4v) is 2.25. The Labute approximate surface area is 66.9 Å². The molecular formula is C9H14O2. The van der Waals surface area contributed by atoms with E-state index in [1.165, 1.54) is 0 Å². The molecule has 0 radical (unpaired) electrons. The summed E-state index contributed by atoms with van der Waals surface area (Å²) in [6.07, 6.45) is 2.87. The number of Topliss-reactive ketones (excluding diaryl/α,β-unsaturated/α-hetero) is 1. The monoisotopic (exact) mass is 154 g/mol. The second-order valence-corrected chi connectivity index (χ2v) is 4.23. The van der Waals surface area contributed by atoms with E-state index in [9.17, 15) is 4.79 Å². The van der Waals surface area contributed by atoms with Gasteiger partial charge in [0.15, 0.2) is 0 Å². The molecule has 2 aliphatic rings. The molecule has 11 heavy (non-hydrogen) atoms. The number of ketones is 1. The van der Waals surface area contributed by atoms with E-state index in [1.54, 1.807) is 0 Å². The second kappa shape index (κ2) is 2.07. The molecule has 1 saturated heterocycles. The predicted molar refractivity (Wildman–Crippen MR) is 41.3 cm³/mol. The molecule has 2 nitrogen and oxygen atoms in total.